The summed E-state index contributed by atoms with van der Waals surface area (Å²) in [5.74, 6) is 0. The van der Waals surface area contributed by atoms with E-state index >= 15 is 0 Å². The Balaban J connectivity index is 1.55. The van der Waals surface area contributed by atoms with Crippen LogP contribution in [0.15, 0.2) is 70.1 Å². The van der Waals surface area contributed by atoms with E-state index in [1.165, 1.54) is 0 Å². The number of pyridine rings is 1. The maximum Gasteiger partial charge on any atom is 0.344 e. The molecule has 1 fully saturated rings. The van der Waals surface area contributed by atoms with E-state index in [9.17, 15) is 4.79 Å². The maximum absolute atomic E-state index is 12.7. The van der Waals surface area contributed by atoms with Crippen molar-refractivity contribution >= 4 is 22.2 Å². The molecule has 28 heavy (non-hydrogen) atoms. The normalized spacial score (nSPS) is 20.1. The summed E-state index contributed by atoms with van der Waals surface area (Å²) >= 11 is 0. The van der Waals surface area contributed by atoms with Gasteiger partial charge in [0.15, 0.2) is 0 Å². The van der Waals surface area contributed by atoms with Crippen LogP contribution in [0.4, 0.5) is 5.69 Å². The van der Waals surface area contributed by atoms with E-state index < -0.39 is 0 Å². The Morgan fingerprint density at radius 3 is 2.64 bits per heavy atom. The largest absolute Gasteiger partial charge is 0.422 e. The molecule has 4 aromatic rings. The number of nitrogens with one attached hydrogen (secondary N) is 1. The third-order valence-corrected chi connectivity index (χ3v) is 5.46. The number of fused-ring (bicyclic) bond motifs is 2. The quantitative estimate of drug-likeness (QED) is 0.542. The van der Waals surface area contributed by atoms with Gasteiger partial charge in [0.05, 0.1) is 5.56 Å². The summed E-state index contributed by atoms with van der Waals surface area (Å²) in [6.07, 6.45) is 3.94. The molecule has 5 nitrogen and oxygen atoms in total. The fourth-order valence-electron chi connectivity index (χ4n) is 4.24. The first-order chi connectivity index (χ1) is 13.6. The highest BCUT2D eigenvalue weighted by Crippen LogP contribution is 2.27. The summed E-state index contributed by atoms with van der Waals surface area (Å²) in [4.78, 5) is 15.0. The number of piperazine rings is 1. The van der Waals surface area contributed by atoms with Crippen molar-refractivity contribution in [3.8, 4) is 11.1 Å². The van der Waals surface area contributed by atoms with Crippen molar-refractivity contribution < 1.29 is 4.42 Å². The zero-order valence-electron chi connectivity index (χ0n) is 16.1. The zero-order valence-corrected chi connectivity index (χ0v) is 16.1. The third kappa shape index (κ3) is 2.98. The van der Waals surface area contributed by atoms with Gasteiger partial charge in [0, 0.05) is 65.8 Å². The first-order valence-electron chi connectivity index (χ1n) is 9.73. The van der Waals surface area contributed by atoms with Gasteiger partial charge in [-0.25, -0.2) is 4.79 Å². The van der Waals surface area contributed by atoms with E-state index in [1.54, 1.807) is 0 Å². The van der Waals surface area contributed by atoms with Crippen LogP contribution in [0.3, 0.4) is 0 Å². The molecular weight excluding hydrogens is 350 g/mol. The van der Waals surface area contributed by atoms with Gasteiger partial charge >= 0.3 is 5.63 Å². The van der Waals surface area contributed by atoms with E-state index in [2.05, 4.69) is 30.1 Å². The minimum Gasteiger partial charge on any atom is -0.422 e. The first-order valence-corrected chi connectivity index (χ1v) is 9.73. The number of hydrogen-bond donors (Lipinski definition) is 1. The van der Waals surface area contributed by atoms with Crippen molar-refractivity contribution in [2.75, 3.05) is 18.0 Å². The molecule has 1 N–H and O–H groups in total. The lowest BCUT2D eigenvalue weighted by molar-refractivity contribution is 0.407. The Labute approximate surface area is 163 Å². The topological polar surface area (TPSA) is 49.9 Å². The zero-order chi connectivity index (χ0) is 19.3. The predicted molar refractivity (Wildman–Crippen MR) is 113 cm³/mol. The number of hydrogen-bond acceptors (Lipinski definition) is 4. The van der Waals surface area contributed by atoms with Gasteiger partial charge in [0.25, 0.3) is 0 Å². The van der Waals surface area contributed by atoms with Crippen molar-refractivity contribution in [1.82, 2.24) is 9.72 Å². The third-order valence-electron chi connectivity index (χ3n) is 5.46. The summed E-state index contributed by atoms with van der Waals surface area (Å²) in [5.41, 5.74) is 3.94. The fraction of sp³-hybridized carbons (Fsp3) is 0.261. The summed E-state index contributed by atoms with van der Waals surface area (Å²) < 4.78 is 7.73. The van der Waals surface area contributed by atoms with Crippen LogP contribution in [0.25, 0.3) is 27.6 Å². The van der Waals surface area contributed by atoms with E-state index in [0.29, 0.717) is 23.2 Å². The number of aromatic nitrogens is 1. The van der Waals surface area contributed by atoms with Crippen LogP contribution in [0, 0.1) is 0 Å². The first kappa shape index (κ1) is 17.1. The van der Waals surface area contributed by atoms with Gasteiger partial charge in [0.1, 0.15) is 5.58 Å². The molecule has 1 saturated heterocycles. The lowest BCUT2D eigenvalue weighted by atomic mass is 10.1. The molecule has 0 aliphatic carbocycles. The molecule has 0 bridgehead atoms. The van der Waals surface area contributed by atoms with Crippen LogP contribution in [-0.4, -0.2) is 29.6 Å². The van der Waals surface area contributed by atoms with Crippen molar-refractivity contribution in [2.45, 2.75) is 25.9 Å². The lowest BCUT2D eigenvalue weighted by Crippen LogP contribution is -2.54. The molecule has 2 atom stereocenters. The van der Waals surface area contributed by atoms with Crippen molar-refractivity contribution in [1.29, 1.82) is 0 Å². The Morgan fingerprint density at radius 1 is 1.04 bits per heavy atom. The minimum absolute atomic E-state index is 0.303. The molecule has 1 aliphatic rings. The number of anilines is 1. The van der Waals surface area contributed by atoms with E-state index in [4.69, 9.17) is 4.42 Å². The molecule has 1 unspecified atom stereocenters. The summed E-state index contributed by atoms with van der Waals surface area (Å²) in [7, 11) is 0. The molecule has 0 spiro atoms. The molecule has 0 saturated carbocycles. The maximum atomic E-state index is 12.7. The molecule has 0 amide bonds. The van der Waals surface area contributed by atoms with E-state index in [0.717, 1.165) is 35.2 Å². The van der Waals surface area contributed by atoms with Gasteiger partial charge in [-0.05, 0) is 50.2 Å². The van der Waals surface area contributed by atoms with Gasteiger partial charge in [-0.2, -0.15) is 0 Å². The molecule has 0 radical (unpaired) electrons. The smallest absolute Gasteiger partial charge is 0.344 e. The molecule has 1 aromatic carbocycles. The minimum atomic E-state index is -0.303. The second kappa shape index (κ2) is 6.53. The predicted octanol–water partition coefficient (Wildman–Crippen LogP) is 3.90. The second-order valence-corrected chi connectivity index (χ2v) is 7.80. The van der Waals surface area contributed by atoms with Crippen LogP contribution in [0.5, 0.6) is 0 Å². The number of rotatable bonds is 2. The Hall–Kier alpha value is -3.05. The monoisotopic (exact) mass is 373 g/mol. The highest BCUT2D eigenvalue weighted by Gasteiger charge is 2.21. The van der Waals surface area contributed by atoms with Crippen LogP contribution >= 0.6 is 0 Å². The molecule has 4 heterocycles. The van der Waals surface area contributed by atoms with Crippen LogP contribution in [0.2, 0.25) is 0 Å². The highest BCUT2D eigenvalue weighted by molar-refractivity contribution is 5.85. The van der Waals surface area contributed by atoms with Gasteiger partial charge in [-0.1, -0.05) is 6.07 Å². The molecule has 5 rings (SSSR count). The molecule has 1 aliphatic heterocycles. The van der Waals surface area contributed by atoms with Crippen LogP contribution in [0.1, 0.15) is 13.8 Å². The van der Waals surface area contributed by atoms with Crippen molar-refractivity contribution in [2.24, 2.45) is 0 Å². The number of nitrogens with zero attached hydrogens (tertiary/aromatic N) is 2. The summed E-state index contributed by atoms with van der Waals surface area (Å²) in [6, 6.07) is 16.9. The molecule has 5 heteroatoms. The Morgan fingerprint density at radius 2 is 1.86 bits per heavy atom. The standard InChI is InChI=1S/C23H23N3O2/c1-15-12-26(13-16(2)24-15)20-7-6-17-10-21(23(27)28-22(17)11-20)18-9-19-5-3-4-8-25(19)14-18/h3-11,14-16,24H,12-13H2,1-2H3/t15-,16?/m0/s1. The van der Waals surface area contributed by atoms with Crippen LogP contribution in [-0.2, 0) is 0 Å². The summed E-state index contributed by atoms with van der Waals surface area (Å²) in [5, 5.41) is 4.48. The van der Waals surface area contributed by atoms with Gasteiger partial charge in [0.2, 0.25) is 0 Å². The van der Waals surface area contributed by atoms with Gasteiger partial charge in [-0.15, -0.1) is 0 Å². The second-order valence-electron chi connectivity index (χ2n) is 7.80. The number of benzene rings is 1. The summed E-state index contributed by atoms with van der Waals surface area (Å²) in [6.45, 7) is 6.26. The molecular formula is C23H23N3O2. The average Bonchev–Trinajstić information content (AvgIpc) is 3.10. The lowest BCUT2D eigenvalue weighted by Gasteiger charge is -2.37. The Bertz CT molecular complexity index is 1180. The van der Waals surface area contributed by atoms with E-state index in [1.807, 2.05) is 59.3 Å². The van der Waals surface area contributed by atoms with E-state index in [-0.39, 0.29) is 5.63 Å². The molecule has 142 valence electrons. The highest BCUT2D eigenvalue weighted by atomic mass is 16.4. The van der Waals surface area contributed by atoms with Crippen molar-refractivity contribution in [3.63, 3.8) is 0 Å². The van der Waals surface area contributed by atoms with Crippen LogP contribution < -0.4 is 15.8 Å². The average molecular weight is 373 g/mol. The van der Waals surface area contributed by atoms with Crippen molar-refractivity contribution in [3.05, 3.63) is 71.3 Å². The fourth-order valence-corrected chi connectivity index (χ4v) is 4.24. The Kier molecular flexibility index (Phi) is 3.98. The SMILES string of the molecule is CC1CN(c2ccc3cc(-c4cc5ccccn5c4)c(=O)oc3c2)C[C@H](C)N1. The molecule has 3 aromatic heterocycles. The van der Waals surface area contributed by atoms with Gasteiger partial charge < -0.3 is 19.0 Å². The van der Waals surface area contributed by atoms with Gasteiger partial charge in [-0.3, -0.25) is 0 Å².